The van der Waals surface area contributed by atoms with Crippen LogP contribution < -0.4 is 0 Å². The van der Waals surface area contributed by atoms with Crippen LogP contribution in [-0.2, 0) is 0 Å². The molecule has 4 aromatic rings. The largest absolute Gasteiger partial charge is 0.309 e. The summed E-state index contributed by atoms with van der Waals surface area (Å²) in [6, 6.07) is 20.6. The molecule has 0 spiro atoms. The monoisotopic (exact) mass is 363 g/mol. The second-order valence-corrected chi connectivity index (χ2v) is 6.64. The number of aldehydes is 1. The Labute approximate surface area is 142 Å². The van der Waals surface area contributed by atoms with Gasteiger partial charge in [0.1, 0.15) is 6.29 Å². The molecule has 0 bridgehead atoms. The molecule has 0 unspecified atom stereocenters. The second-order valence-electron chi connectivity index (χ2n) is 5.73. The van der Waals surface area contributed by atoms with Crippen molar-refractivity contribution in [2.75, 3.05) is 0 Å². The van der Waals surface area contributed by atoms with Crippen molar-refractivity contribution < 1.29 is 4.79 Å². The molecule has 0 fully saturated rings. The molecule has 23 heavy (non-hydrogen) atoms. The van der Waals surface area contributed by atoms with E-state index in [9.17, 15) is 4.79 Å². The summed E-state index contributed by atoms with van der Waals surface area (Å²) in [5.74, 6) is 0. The van der Waals surface area contributed by atoms with Crippen LogP contribution in [0.4, 0.5) is 0 Å². The summed E-state index contributed by atoms with van der Waals surface area (Å²) in [6.07, 6.45) is 0.871. The van der Waals surface area contributed by atoms with Crippen molar-refractivity contribution in [2.24, 2.45) is 0 Å². The molecule has 2 nitrogen and oxygen atoms in total. The quantitative estimate of drug-likeness (QED) is 0.420. The number of benzene rings is 3. The van der Waals surface area contributed by atoms with E-state index in [-0.39, 0.29) is 0 Å². The molecule has 1 heterocycles. The summed E-state index contributed by atoms with van der Waals surface area (Å²) >= 11 is 3.57. The molecule has 112 valence electrons. The molecule has 0 radical (unpaired) electrons. The van der Waals surface area contributed by atoms with Crippen molar-refractivity contribution in [3.8, 4) is 5.69 Å². The number of fused-ring (bicyclic) bond motifs is 3. The van der Waals surface area contributed by atoms with Gasteiger partial charge in [-0.25, -0.2) is 0 Å². The van der Waals surface area contributed by atoms with Crippen LogP contribution in [-0.4, -0.2) is 10.9 Å². The van der Waals surface area contributed by atoms with Crippen molar-refractivity contribution in [3.63, 3.8) is 0 Å². The lowest BCUT2D eigenvalue weighted by Gasteiger charge is -2.08. The average Bonchev–Trinajstić information content (AvgIpc) is 2.88. The summed E-state index contributed by atoms with van der Waals surface area (Å²) in [4.78, 5) is 10.9. The Balaban J connectivity index is 2.12. The fraction of sp³-hybridized carbons (Fsp3) is 0.0500. The lowest BCUT2D eigenvalue weighted by molar-refractivity contribution is 0.112. The normalized spacial score (nSPS) is 11.2. The highest BCUT2D eigenvalue weighted by molar-refractivity contribution is 9.10. The van der Waals surface area contributed by atoms with E-state index in [1.165, 1.54) is 21.9 Å². The SMILES string of the molecule is Cc1ccc2c(c1)c1cc(Br)ccc1n2-c1ccc(C=O)cc1. The zero-order valence-corrected chi connectivity index (χ0v) is 14.2. The summed E-state index contributed by atoms with van der Waals surface area (Å²) in [6.45, 7) is 2.11. The van der Waals surface area contributed by atoms with Crippen LogP contribution in [0.15, 0.2) is 65.1 Å². The molecule has 4 rings (SSSR count). The number of aryl methyl sites for hydroxylation is 1. The first kappa shape index (κ1) is 14.2. The highest BCUT2D eigenvalue weighted by Gasteiger charge is 2.12. The van der Waals surface area contributed by atoms with Crippen molar-refractivity contribution in [2.45, 2.75) is 6.92 Å². The second kappa shape index (κ2) is 5.36. The Kier molecular flexibility index (Phi) is 3.31. The minimum atomic E-state index is 0.688. The van der Waals surface area contributed by atoms with Gasteiger partial charge in [-0.15, -0.1) is 0 Å². The lowest BCUT2D eigenvalue weighted by atomic mass is 10.1. The molecule has 1 aromatic heterocycles. The van der Waals surface area contributed by atoms with Gasteiger partial charge in [0, 0.05) is 26.5 Å². The van der Waals surface area contributed by atoms with Crippen molar-refractivity contribution in [3.05, 3.63) is 76.3 Å². The van der Waals surface area contributed by atoms with Gasteiger partial charge >= 0.3 is 0 Å². The topological polar surface area (TPSA) is 22.0 Å². The van der Waals surface area contributed by atoms with E-state index in [2.05, 4.69) is 63.8 Å². The number of carbonyl (C=O) groups excluding carboxylic acids is 1. The molecule has 3 aromatic carbocycles. The summed E-state index contributed by atoms with van der Waals surface area (Å²) in [5.41, 5.74) is 5.32. The van der Waals surface area contributed by atoms with E-state index in [0.717, 1.165) is 22.0 Å². The number of hydrogen-bond acceptors (Lipinski definition) is 1. The molecule has 0 saturated heterocycles. The molecule has 0 N–H and O–H groups in total. The van der Waals surface area contributed by atoms with Gasteiger partial charge < -0.3 is 4.57 Å². The van der Waals surface area contributed by atoms with Gasteiger partial charge in [0.05, 0.1) is 11.0 Å². The first-order valence-electron chi connectivity index (χ1n) is 7.43. The number of hydrogen-bond donors (Lipinski definition) is 0. The standard InChI is InChI=1S/C20H14BrNO/c1-13-2-8-19-17(10-13)18-11-15(21)5-9-20(18)22(19)16-6-3-14(12-23)4-7-16/h2-12H,1H3. The third-order valence-corrected chi connectivity index (χ3v) is 4.66. The fourth-order valence-corrected chi connectivity index (χ4v) is 3.45. The predicted octanol–water partition coefficient (Wildman–Crippen LogP) is 5.67. The first-order chi connectivity index (χ1) is 11.2. The Morgan fingerprint density at radius 2 is 1.52 bits per heavy atom. The Morgan fingerprint density at radius 1 is 0.870 bits per heavy atom. The van der Waals surface area contributed by atoms with Crippen LogP contribution in [0.3, 0.4) is 0 Å². The van der Waals surface area contributed by atoms with E-state index < -0.39 is 0 Å². The van der Waals surface area contributed by atoms with Crippen LogP contribution in [0.1, 0.15) is 15.9 Å². The Morgan fingerprint density at radius 3 is 2.22 bits per heavy atom. The maximum atomic E-state index is 10.9. The van der Waals surface area contributed by atoms with Gasteiger partial charge in [0.2, 0.25) is 0 Å². The summed E-state index contributed by atoms with van der Waals surface area (Å²) in [5, 5.41) is 2.46. The number of nitrogens with zero attached hydrogens (tertiary/aromatic N) is 1. The molecule has 0 aliphatic heterocycles. The zero-order valence-electron chi connectivity index (χ0n) is 12.6. The van der Waals surface area contributed by atoms with Crippen molar-refractivity contribution in [1.82, 2.24) is 4.57 Å². The molecule has 0 atom stereocenters. The van der Waals surface area contributed by atoms with Gasteiger partial charge in [-0.1, -0.05) is 27.6 Å². The van der Waals surface area contributed by atoms with Gasteiger partial charge in [-0.3, -0.25) is 4.79 Å². The van der Waals surface area contributed by atoms with Crippen LogP contribution >= 0.6 is 15.9 Å². The highest BCUT2D eigenvalue weighted by Crippen LogP contribution is 2.34. The number of rotatable bonds is 2. The predicted molar refractivity (Wildman–Crippen MR) is 98.6 cm³/mol. The summed E-state index contributed by atoms with van der Waals surface area (Å²) < 4.78 is 3.31. The molecule has 0 amide bonds. The van der Waals surface area contributed by atoms with E-state index in [4.69, 9.17) is 0 Å². The molecule has 0 saturated carbocycles. The van der Waals surface area contributed by atoms with Crippen molar-refractivity contribution in [1.29, 1.82) is 0 Å². The van der Waals surface area contributed by atoms with Crippen LogP contribution in [0, 0.1) is 6.92 Å². The van der Waals surface area contributed by atoms with E-state index in [0.29, 0.717) is 5.56 Å². The van der Waals surface area contributed by atoms with E-state index >= 15 is 0 Å². The number of halogens is 1. The van der Waals surface area contributed by atoms with Crippen LogP contribution in [0.25, 0.3) is 27.5 Å². The maximum Gasteiger partial charge on any atom is 0.150 e. The minimum absolute atomic E-state index is 0.688. The van der Waals surface area contributed by atoms with Gasteiger partial charge in [-0.2, -0.15) is 0 Å². The zero-order chi connectivity index (χ0) is 16.0. The Hall–Kier alpha value is -2.39. The summed E-state index contributed by atoms with van der Waals surface area (Å²) in [7, 11) is 0. The van der Waals surface area contributed by atoms with E-state index in [1.54, 1.807) is 0 Å². The number of carbonyl (C=O) groups is 1. The van der Waals surface area contributed by atoms with Crippen LogP contribution in [0.2, 0.25) is 0 Å². The Bertz CT molecular complexity index is 986. The maximum absolute atomic E-state index is 10.9. The molecular weight excluding hydrogens is 350 g/mol. The minimum Gasteiger partial charge on any atom is -0.309 e. The van der Waals surface area contributed by atoms with Crippen molar-refractivity contribution >= 4 is 44.0 Å². The third-order valence-electron chi connectivity index (χ3n) is 4.17. The lowest BCUT2D eigenvalue weighted by Crippen LogP contribution is -1.94. The third kappa shape index (κ3) is 2.28. The highest BCUT2D eigenvalue weighted by atomic mass is 79.9. The van der Waals surface area contributed by atoms with Gasteiger partial charge in [-0.05, 0) is 61.5 Å². The average molecular weight is 364 g/mol. The molecule has 0 aliphatic rings. The number of aromatic nitrogens is 1. The van der Waals surface area contributed by atoms with Gasteiger partial charge in [0.15, 0.2) is 0 Å². The fourth-order valence-electron chi connectivity index (χ4n) is 3.09. The van der Waals surface area contributed by atoms with E-state index in [1.807, 2.05) is 24.3 Å². The molecular formula is C20H14BrNO. The smallest absolute Gasteiger partial charge is 0.150 e. The van der Waals surface area contributed by atoms with Gasteiger partial charge in [0.25, 0.3) is 0 Å². The van der Waals surface area contributed by atoms with Crippen LogP contribution in [0.5, 0.6) is 0 Å². The first-order valence-corrected chi connectivity index (χ1v) is 8.22. The molecule has 0 aliphatic carbocycles. The molecule has 3 heteroatoms.